The number of nitrogens with one attached hydrogen (secondary N) is 1. The number of rotatable bonds is 49. The first-order valence-corrected chi connectivity index (χ1v) is 26.8. The lowest BCUT2D eigenvalue weighted by Gasteiger charge is -2.22. The molecule has 0 saturated heterocycles. The first kappa shape index (κ1) is 58.4. The maximum Gasteiger partial charge on any atom is 0.220 e. The molecular formula is C56H105NO3. The minimum Gasteiger partial charge on any atom is -0.394 e. The van der Waals surface area contributed by atoms with Gasteiger partial charge in [-0.15, -0.1) is 0 Å². The van der Waals surface area contributed by atoms with Gasteiger partial charge >= 0.3 is 0 Å². The Morgan fingerprint density at radius 2 is 0.733 bits per heavy atom. The predicted molar refractivity (Wildman–Crippen MR) is 267 cm³/mol. The zero-order valence-corrected chi connectivity index (χ0v) is 40.5. The van der Waals surface area contributed by atoms with E-state index in [4.69, 9.17) is 0 Å². The second-order valence-corrected chi connectivity index (χ2v) is 18.3. The summed E-state index contributed by atoms with van der Waals surface area (Å²) in [5.41, 5.74) is 0. The molecule has 1 amide bonds. The fourth-order valence-corrected chi connectivity index (χ4v) is 8.30. The summed E-state index contributed by atoms with van der Waals surface area (Å²) in [7, 11) is 0. The maximum atomic E-state index is 12.5. The summed E-state index contributed by atoms with van der Waals surface area (Å²) in [6, 6.07) is -0.537. The van der Waals surface area contributed by atoms with Crippen molar-refractivity contribution >= 4 is 5.91 Å². The zero-order valence-electron chi connectivity index (χ0n) is 40.5. The van der Waals surface area contributed by atoms with Crippen LogP contribution in [0.3, 0.4) is 0 Å². The lowest BCUT2D eigenvalue weighted by Crippen LogP contribution is -2.45. The van der Waals surface area contributed by atoms with E-state index in [1.165, 1.54) is 205 Å². The Labute approximate surface area is 375 Å². The Kier molecular flexibility index (Phi) is 50.3. The van der Waals surface area contributed by atoms with Gasteiger partial charge in [-0.05, 0) is 51.4 Å². The highest BCUT2D eigenvalue weighted by molar-refractivity contribution is 5.76. The molecule has 0 aromatic rings. The molecule has 3 N–H and O–H groups in total. The van der Waals surface area contributed by atoms with E-state index in [0.29, 0.717) is 12.8 Å². The van der Waals surface area contributed by atoms with Crippen molar-refractivity contribution in [3.8, 4) is 0 Å². The fraction of sp³-hybridized carbons (Fsp3) is 0.839. The second kappa shape index (κ2) is 51.7. The van der Waals surface area contributed by atoms with E-state index in [9.17, 15) is 15.0 Å². The number of hydrogen-bond acceptors (Lipinski definition) is 3. The Morgan fingerprint density at radius 3 is 1.10 bits per heavy atom. The molecule has 0 aliphatic rings. The quantitative estimate of drug-likeness (QED) is 0.0422. The molecule has 4 nitrogen and oxygen atoms in total. The molecule has 0 aromatic heterocycles. The van der Waals surface area contributed by atoms with Crippen LogP contribution in [-0.4, -0.2) is 34.9 Å². The van der Waals surface area contributed by atoms with Gasteiger partial charge in [-0.2, -0.15) is 0 Å². The Bertz CT molecular complexity index is 954. The largest absolute Gasteiger partial charge is 0.394 e. The molecule has 0 aliphatic carbocycles. The summed E-state index contributed by atoms with van der Waals surface area (Å²) in [4.78, 5) is 12.5. The minimum atomic E-state index is -0.660. The highest BCUT2D eigenvalue weighted by Crippen LogP contribution is 2.17. The minimum absolute atomic E-state index is 0.0287. The standard InChI is InChI=1S/C56H105NO3/c1-3-5-7-9-11-13-15-17-19-21-23-24-25-26-27-28-29-30-31-32-34-36-38-40-42-44-46-48-50-52-56(60)57-54(53-58)55(59)51-49-47-45-43-41-39-37-35-33-22-20-18-16-14-12-10-8-6-4-2/h5,7,11,13,17,19,23-24,54-55,58-59H,3-4,6,8-10,12,14-16,18,20-22,25-53H2,1-2H3,(H,57,60)/b7-5-,13-11-,19-17-,24-23-. The third-order valence-electron chi connectivity index (χ3n) is 12.4. The third kappa shape index (κ3) is 47.4. The monoisotopic (exact) mass is 840 g/mol. The zero-order chi connectivity index (χ0) is 43.5. The van der Waals surface area contributed by atoms with Gasteiger partial charge in [-0.3, -0.25) is 4.79 Å². The summed E-state index contributed by atoms with van der Waals surface area (Å²) >= 11 is 0. The van der Waals surface area contributed by atoms with Crippen molar-refractivity contribution in [2.45, 2.75) is 296 Å². The number of amides is 1. The van der Waals surface area contributed by atoms with Crippen molar-refractivity contribution in [2.75, 3.05) is 6.61 Å². The Hall–Kier alpha value is -1.65. The van der Waals surface area contributed by atoms with Gasteiger partial charge in [-0.25, -0.2) is 0 Å². The fourth-order valence-electron chi connectivity index (χ4n) is 8.30. The van der Waals surface area contributed by atoms with E-state index in [2.05, 4.69) is 67.8 Å². The molecule has 0 rings (SSSR count). The summed E-state index contributed by atoms with van der Waals surface area (Å²) in [6.45, 7) is 4.27. The maximum absolute atomic E-state index is 12.5. The third-order valence-corrected chi connectivity index (χ3v) is 12.4. The lowest BCUT2D eigenvalue weighted by atomic mass is 10.0. The molecule has 352 valence electrons. The number of carbonyl (C=O) groups is 1. The summed E-state index contributed by atoms with van der Waals surface area (Å²) in [5.74, 6) is -0.0287. The molecule has 0 heterocycles. The van der Waals surface area contributed by atoms with Crippen molar-refractivity contribution in [1.82, 2.24) is 5.32 Å². The highest BCUT2D eigenvalue weighted by Gasteiger charge is 2.20. The Morgan fingerprint density at radius 1 is 0.417 bits per heavy atom. The van der Waals surface area contributed by atoms with Crippen LogP contribution in [0.1, 0.15) is 284 Å². The molecule has 0 aliphatic heterocycles. The van der Waals surface area contributed by atoms with Gasteiger partial charge in [0, 0.05) is 6.42 Å². The average molecular weight is 840 g/mol. The van der Waals surface area contributed by atoms with E-state index < -0.39 is 12.1 Å². The van der Waals surface area contributed by atoms with Gasteiger partial charge in [-0.1, -0.05) is 274 Å². The van der Waals surface area contributed by atoms with E-state index in [-0.39, 0.29) is 12.5 Å². The number of aliphatic hydroxyl groups is 2. The molecule has 0 radical (unpaired) electrons. The SMILES string of the molecule is CC/C=C\C/C=C\C/C=C\C/C=C\CCCCCCCCCCCCCCCCCCC(=O)NC(CO)C(O)CCCCCCCCCCCCCCCCCCCCC. The van der Waals surface area contributed by atoms with E-state index in [1.807, 2.05) is 0 Å². The van der Waals surface area contributed by atoms with Gasteiger partial charge < -0.3 is 15.5 Å². The van der Waals surface area contributed by atoms with Crippen LogP contribution < -0.4 is 5.32 Å². The van der Waals surface area contributed by atoms with Crippen LogP contribution in [0.5, 0.6) is 0 Å². The van der Waals surface area contributed by atoms with Crippen molar-refractivity contribution in [3.05, 3.63) is 48.6 Å². The van der Waals surface area contributed by atoms with E-state index in [0.717, 1.165) is 51.4 Å². The topological polar surface area (TPSA) is 69.6 Å². The number of aliphatic hydroxyl groups excluding tert-OH is 2. The van der Waals surface area contributed by atoms with Crippen LogP contribution >= 0.6 is 0 Å². The molecule has 0 aromatic carbocycles. The number of unbranched alkanes of at least 4 members (excludes halogenated alkanes) is 34. The van der Waals surface area contributed by atoms with Crippen molar-refractivity contribution in [3.63, 3.8) is 0 Å². The molecule has 0 fully saturated rings. The van der Waals surface area contributed by atoms with Crippen LogP contribution in [0.2, 0.25) is 0 Å². The normalized spacial score (nSPS) is 13.2. The molecule has 4 heteroatoms. The number of hydrogen-bond donors (Lipinski definition) is 3. The summed E-state index contributed by atoms with van der Waals surface area (Å²) in [6.07, 6.45) is 70.8. The molecule has 0 saturated carbocycles. The highest BCUT2D eigenvalue weighted by atomic mass is 16.3. The molecule has 0 spiro atoms. The number of carbonyl (C=O) groups excluding carboxylic acids is 1. The van der Waals surface area contributed by atoms with Gasteiger partial charge in [0.15, 0.2) is 0 Å². The van der Waals surface area contributed by atoms with Gasteiger partial charge in [0.25, 0.3) is 0 Å². The molecule has 0 bridgehead atoms. The summed E-state index contributed by atoms with van der Waals surface area (Å²) in [5, 5.41) is 23.3. The second-order valence-electron chi connectivity index (χ2n) is 18.3. The van der Waals surface area contributed by atoms with E-state index in [1.54, 1.807) is 0 Å². The predicted octanol–water partition coefficient (Wildman–Crippen LogP) is 17.5. The van der Waals surface area contributed by atoms with Crippen LogP contribution in [0, 0.1) is 0 Å². The van der Waals surface area contributed by atoms with Gasteiger partial charge in [0.2, 0.25) is 5.91 Å². The van der Waals surface area contributed by atoms with Crippen LogP contribution in [0.15, 0.2) is 48.6 Å². The molecule has 60 heavy (non-hydrogen) atoms. The van der Waals surface area contributed by atoms with Crippen LogP contribution in [0.25, 0.3) is 0 Å². The average Bonchev–Trinajstić information content (AvgIpc) is 3.25. The van der Waals surface area contributed by atoms with Gasteiger partial charge in [0.05, 0.1) is 18.8 Å². The van der Waals surface area contributed by atoms with Crippen molar-refractivity contribution in [1.29, 1.82) is 0 Å². The molecule has 2 unspecified atom stereocenters. The smallest absolute Gasteiger partial charge is 0.220 e. The van der Waals surface area contributed by atoms with Crippen molar-refractivity contribution < 1.29 is 15.0 Å². The number of allylic oxidation sites excluding steroid dienone is 8. The first-order chi connectivity index (χ1) is 29.7. The molecule has 2 atom stereocenters. The van der Waals surface area contributed by atoms with Gasteiger partial charge in [0.1, 0.15) is 0 Å². The first-order valence-electron chi connectivity index (χ1n) is 26.8. The molecular weight excluding hydrogens is 735 g/mol. The van der Waals surface area contributed by atoms with E-state index >= 15 is 0 Å². The van der Waals surface area contributed by atoms with Crippen LogP contribution in [-0.2, 0) is 4.79 Å². The lowest BCUT2D eigenvalue weighted by molar-refractivity contribution is -0.123. The Balaban J connectivity index is 3.45. The van der Waals surface area contributed by atoms with Crippen LogP contribution in [0.4, 0.5) is 0 Å². The van der Waals surface area contributed by atoms with Crippen molar-refractivity contribution in [2.24, 2.45) is 0 Å². The summed E-state index contributed by atoms with van der Waals surface area (Å²) < 4.78 is 0.